The molecule has 19 heavy (non-hydrogen) atoms. The van der Waals surface area contributed by atoms with Crippen molar-refractivity contribution in [2.24, 2.45) is 0 Å². The Balaban J connectivity index is 1.66. The Morgan fingerprint density at radius 1 is 1.05 bits per heavy atom. The highest BCUT2D eigenvalue weighted by atomic mass is 32.2. The van der Waals surface area contributed by atoms with Crippen molar-refractivity contribution in [2.75, 3.05) is 18.0 Å². The summed E-state index contributed by atoms with van der Waals surface area (Å²) in [6, 6.07) is 10.5. The summed E-state index contributed by atoms with van der Waals surface area (Å²) in [6.45, 7) is 2.23. The fraction of sp³-hybridized carbons (Fsp3) is 0.333. The van der Waals surface area contributed by atoms with Crippen LogP contribution in [0.5, 0.6) is 0 Å². The lowest BCUT2D eigenvalue weighted by molar-refractivity contribution is 0.899. The number of rotatable bonds is 4. The van der Waals surface area contributed by atoms with Crippen molar-refractivity contribution in [3.63, 3.8) is 0 Å². The molecular formula is C15H17N3S. The molecule has 0 unspecified atom stereocenters. The van der Waals surface area contributed by atoms with Gasteiger partial charge >= 0.3 is 0 Å². The van der Waals surface area contributed by atoms with Crippen LogP contribution in [0, 0.1) is 0 Å². The number of hydrogen-bond donors (Lipinski definition) is 0. The van der Waals surface area contributed by atoms with Gasteiger partial charge in [-0.3, -0.25) is 4.98 Å². The summed E-state index contributed by atoms with van der Waals surface area (Å²) in [5, 5.41) is 1.01. The average Bonchev–Trinajstić information content (AvgIpc) is 3.01. The van der Waals surface area contributed by atoms with E-state index in [2.05, 4.69) is 34.1 Å². The van der Waals surface area contributed by atoms with Gasteiger partial charge in [-0.05, 0) is 18.4 Å². The van der Waals surface area contributed by atoms with E-state index in [4.69, 9.17) is 4.98 Å². The van der Waals surface area contributed by atoms with Crippen LogP contribution in [0.1, 0.15) is 18.4 Å². The lowest BCUT2D eigenvalue weighted by Gasteiger charge is -2.16. The minimum Gasteiger partial charge on any atom is -0.355 e. The summed E-state index contributed by atoms with van der Waals surface area (Å²) < 4.78 is 0. The van der Waals surface area contributed by atoms with Gasteiger partial charge in [-0.15, -0.1) is 11.8 Å². The van der Waals surface area contributed by atoms with E-state index < -0.39 is 0 Å². The average molecular weight is 271 g/mol. The fourth-order valence-electron chi connectivity index (χ4n) is 2.24. The molecule has 0 atom stereocenters. The molecule has 1 aromatic heterocycles. The van der Waals surface area contributed by atoms with Crippen LogP contribution in [0.25, 0.3) is 0 Å². The van der Waals surface area contributed by atoms with E-state index in [1.807, 2.05) is 18.5 Å². The van der Waals surface area contributed by atoms with Crippen LogP contribution >= 0.6 is 11.8 Å². The van der Waals surface area contributed by atoms with Crippen LogP contribution in [0.4, 0.5) is 5.82 Å². The second-order valence-electron chi connectivity index (χ2n) is 4.68. The Labute approximate surface area is 118 Å². The van der Waals surface area contributed by atoms with E-state index >= 15 is 0 Å². The van der Waals surface area contributed by atoms with Gasteiger partial charge in [0.25, 0.3) is 0 Å². The lowest BCUT2D eigenvalue weighted by Crippen LogP contribution is -2.19. The number of benzene rings is 1. The second-order valence-corrected chi connectivity index (χ2v) is 5.68. The van der Waals surface area contributed by atoms with E-state index in [0.29, 0.717) is 0 Å². The van der Waals surface area contributed by atoms with Crippen molar-refractivity contribution in [2.45, 2.75) is 23.6 Å². The van der Waals surface area contributed by atoms with Crippen LogP contribution in [0.3, 0.4) is 0 Å². The van der Waals surface area contributed by atoms with Gasteiger partial charge in [0.15, 0.2) is 0 Å². The van der Waals surface area contributed by atoms with Gasteiger partial charge in [0.2, 0.25) is 0 Å². The maximum atomic E-state index is 4.70. The molecule has 0 spiro atoms. The molecule has 0 radical (unpaired) electrons. The number of aromatic nitrogens is 2. The summed E-state index contributed by atoms with van der Waals surface area (Å²) in [4.78, 5) is 11.3. The van der Waals surface area contributed by atoms with E-state index in [1.54, 1.807) is 11.8 Å². The molecule has 0 N–H and O–H groups in total. The topological polar surface area (TPSA) is 29.0 Å². The quantitative estimate of drug-likeness (QED) is 0.797. The van der Waals surface area contributed by atoms with E-state index in [0.717, 1.165) is 29.7 Å². The molecule has 0 saturated carbocycles. The van der Waals surface area contributed by atoms with Crippen molar-refractivity contribution in [3.05, 3.63) is 48.3 Å². The first-order valence-corrected chi connectivity index (χ1v) is 7.64. The number of hydrogen-bond acceptors (Lipinski definition) is 4. The molecule has 3 rings (SSSR count). The van der Waals surface area contributed by atoms with E-state index in [9.17, 15) is 0 Å². The van der Waals surface area contributed by atoms with Gasteiger partial charge in [0, 0.05) is 18.8 Å². The number of anilines is 1. The van der Waals surface area contributed by atoms with Crippen molar-refractivity contribution < 1.29 is 0 Å². The summed E-state index contributed by atoms with van der Waals surface area (Å²) in [5.41, 5.74) is 1.32. The highest BCUT2D eigenvalue weighted by molar-refractivity contribution is 7.98. The van der Waals surface area contributed by atoms with Gasteiger partial charge in [-0.1, -0.05) is 30.3 Å². The Morgan fingerprint density at radius 2 is 1.84 bits per heavy atom. The molecule has 2 heterocycles. The zero-order valence-electron chi connectivity index (χ0n) is 10.8. The molecule has 3 nitrogen and oxygen atoms in total. The third-order valence-corrected chi connectivity index (χ3v) is 4.23. The molecule has 1 fully saturated rings. The van der Waals surface area contributed by atoms with Gasteiger partial charge in [0.05, 0.1) is 12.4 Å². The van der Waals surface area contributed by atoms with E-state index in [-0.39, 0.29) is 0 Å². The van der Waals surface area contributed by atoms with Crippen LogP contribution in [-0.2, 0) is 5.75 Å². The van der Waals surface area contributed by atoms with Crippen LogP contribution in [0.15, 0.2) is 47.8 Å². The van der Waals surface area contributed by atoms with Crippen molar-refractivity contribution in [1.29, 1.82) is 0 Å². The van der Waals surface area contributed by atoms with Crippen LogP contribution in [0.2, 0.25) is 0 Å². The minimum absolute atomic E-state index is 0.943. The Hall–Kier alpha value is -1.55. The summed E-state index contributed by atoms with van der Waals surface area (Å²) in [7, 11) is 0. The molecule has 1 aromatic carbocycles. The highest BCUT2D eigenvalue weighted by Gasteiger charge is 2.14. The SMILES string of the molecule is c1ccc(CSc2cncc(N3CCCC3)n2)cc1. The highest BCUT2D eigenvalue weighted by Crippen LogP contribution is 2.23. The smallest absolute Gasteiger partial charge is 0.148 e. The lowest BCUT2D eigenvalue weighted by atomic mass is 10.2. The van der Waals surface area contributed by atoms with Crippen LogP contribution < -0.4 is 4.90 Å². The zero-order valence-corrected chi connectivity index (χ0v) is 11.6. The predicted molar refractivity (Wildman–Crippen MR) is 79.5 cm³/mol. The summed E-state index contributed by atoms with van der Waals surface area (Å²) >= 11 is 1.75. The molecule has 98 valence electrons. The first-order chi connectivity index (χ1) is 9.42. The first kappa shape index (κ1) is 12.5. The molecule has 0 bridgehead atoms. The Morgan fingerprint density at radius 3 is 2.63 bits per heavy atom. The van der Waals surface area contributed by atoms with E-state index in [1.165, 1.54) is 18.4 Å². The summed E-state index contributed by atoms with van der Waals surface area (Å²) in [6.07, 6.45) is 6.26. The Bertz CT molecular complexity index is 524. The zero-order chi connectivity index (χ0) is 12.9. The maximum absolute atomic E-state index is 4.70. The monoisotopic (exact) mass is 271 g/mol. The van der Waals surface area contributed by atoms with Crippen molar-refractivity contribution in [1.82, 2.24) is 9.97 Å². The van der Waals surface area contributed by atoms with Crippen molar-refractivity contribution >= 4 is 17.6 Å². The molecule has 1 aliphatic rings. The normalized spacial score (nSPS) is 14.8. The number of nitrogens with zero attached hydrogens (tertiary/aromatic N) is 3. The minimum atomic E-state index is 0.943. The molecule has 1 aliphatic heterocycles. The summed E-state index contributed by atoms with van der Waals surface area (Å²) in [5.74, 6) is 1.97. The van der Waals surface area contributed by atoms with Gasteiger partial charge in [-0.2, -0.15) is 0 Å². The third-order valence-electron chi connectivity index (χ3n) is 3.26. The maximum Gasteiger partial charge on any atom is 0.148 e. The molecule has 1 saturated heterocycles. The van der Waals surface area contributed by atoms with Gasteiger partial charge in [-0.25, -0.2) is 4.98 Å². The van der Waals surface area contributed by atoms with Crippen LogP contribution in [-0.4, -0.2) is 23.1 Å². The largest absolute Gasteiger partial charge is 0.355 e. The van der Waals surface area contributed by atoms with Gasteiger partial charge < -0.3 is 4.90 Å². The molecule has 4 heteroatoms. The fourth-order valence-corrected chi connectivity index (χ4v) is 3.04. The predicted octanol–water partition coefficient (Wildman–Crippen LogP) is 3.37. The Kier molecular flexibility index (Phi) is 3.98. The molecule has 0 amide bonds. The van der Waals surface area contributed by atoms with Crippen molar-refractivity contribution in [3.8, 4) is 0 Å². The number of thioether (sulfide) groups is 1. The molecule has 0 aliphatic carbocycles. The standard InChI is InChI=1S/C15H17N3S/c1-2-6-13(7-3-1)12-19-15-11-16-10-14(17-15)18-8-4-5-9-18/h1-3,6-7,10-11H,4-5,8-9,12H2. The van der Waals surface area contributed by atoms with Gasteiger partial charge in [0.1, 0.15) is 10.8 Å². The molecule has 2 aromatic rings. The second kappa shape index (κ2) is 6.06. The third kappa shape index (κ3) is 3.26. The first-order valence-electron chi connectivity index (χ1n) is 6.65. The molecular weight excluding hydrogens is 254 g/mol.